The summed E-state index contributed by atoms with van der Waals surface area (Å²) >= 11 is 6.19. The smallest absolute Gasteiger partial charge is 0.229 e. The topological polar surface area (TPSA) is 53.1 Å². The molecule has 3 rings (SSSR count). The Morgan fingerprint density at radius 1 is 0.963 bits per heavy atom. The van der Waals surface area contributed by atoms with Crippen LogP contribution in [0.25, 0.3) is 0 Å². The Morgan fingerprint density at radius 2 is 1.70 bits per heavy atom. The van der Waals surface area contributed by atoms with Crippen molar-refractivity contribution in [3.8, 4) is 0 Å². The lowest BCUT2D eigenvalue weighted by Gasteiger charge is -2.21. The molecule has 0 aliphatic carbocycles. The van der Waals surface area contributed by atoms with Crippen LogP contribution in [0, 0.1) is 6.92 Å². The van der Waals surface area contributed by atoms with Crippen molar-refractivity contribution in [3.05, 3.63) is 65.3 Å². The Kier molecular flexibility index (Phi) is 6.14. The Morgan fingerprint density at radius 3 is 2.41 bits per heavy atom. The molecule has 140 valence electrons. The minimum atomic E-state index is 0.537. The third-order valence-corrected chi connectivity index (χ3v) is 4.85. The van der Waals surface area contributed by atoms with E-state index in [0.717, 1.165) is 35.1 Å². The molecule has 0 saturated heterocycles. The molecule has 0 aliphatic rings. The second-order valence-corrected chi connectivity index (χ2v) is 6.55. The maximum Gasteiger partial charge on any atom is 0.229 e. The van der Waals surface area contributed by atoms with Crippen molar-refractivity contribution in [2.75, 3.05) is 28.6 Å². The van der Waals surface area contributed by atoms with Gasteiger partial charge in [-0.15, -0.1) is 0 Å². The van der Waals surface area contributed by atoms with Crippen molar-refractivity contribution in [3.63, 3.8) is 0 Å². The zero-order chi connectivity index (χ0) is 19.2. The highest BCUT2D eigenvalue weighted by Gasteiger charge is 2.06. The van der Waals surface area contributed by atoms with Gasteiger partial charge in [-0.1, -0.05) is 17.7 Å². The number of hydrogen-bond donors (Lipinski definition) is 2. The molecule has 0 radical (unpaired) electrons. The van der Waals surface area contributed by atoms with Crippen molar-refractivity contribution in [2.24, 2.45) is 0 Å². The van der Waals surface area contributed by atoms with Crippen LogP contribution in [0.3, 0.4) is 0 Å². The molecule has 5 nitrogen and oxygen atoms in total. The average Bonchev–Trinajstić information content (AvgIpc) is 2.68. The van der Waals surface area contributed by atoms with Crippen LogP contribution in [0.2, 0.25) is 5.02 Å². The molecule has 27 heavy (non-hydrogen) atoms. The normalized spacial score (nSPS) is 10.5. The number of hydrogen-bond acceptors (Lipinski definition) is 5. The number of anilines is 5. The highest BCUT2D eigenvalue weighted by Crippen LogP contribution is 2.26. The first-order valence-electron chi connectivity index (χ1n) is 9.08. The van der Waals surface area contributed by atoms with E-state index in [1.54, 1.807) is 6.20 Å². The number of nitrogens with one attached hydrogen (secondary N) is 2. The van der Waals surface area contributed by atoms with E-state index in [1.165, 1.54) is 5.69 Å². The highest BCUT2D eigenvalue weighted by atomic mass is 35.5. The minimum Gasteiger partial charge on any atom is -0.372 e. The molecule has 2 aromatic carbocycles. The summed E-state index contributed by atoms with van der Waals surface area (Å²) in [6.07, 6.45) is 1.72. The molecule has 0 fully saturated rings. The van der Waals surface area contributed by atoms with Gasteiger partial charge in [0.15, 0.2) is 0 Å². The van der Waals surface area contributed by atoms with Crippen molar-refractivity contribution in [1.29, 1.82) is 0 Å². The number of halogens is 1. The average molecular weight is 382 g/mol. The monoisotopic (exact) mass is 381 g/mol. The largest absolute Gasteiger partial charge is 0.372 e. The van der Waals surface area contributed by atoms with Gasteiger partial charge in [0.05, 0.1) is 0 Å². The molecular weight excluding hydrogens is 358 g/mol. The van der Waals surface area contributed by atoms with E-state index in [2.05, 4.69) is 51.5 Å². The van der Waals surface area contributed by atoms with Crippen LogP contribution in [0.15, 0.2) is 54.7 Å². The predicted octanol–water partition coefficient (Wildman–Crippen LogP) is 5.77. The molecule has 1 aromatic heterocycles. The lowest BCUT2D eigenvalue weighted by Crippen LogP contribution is -2.21. The number of rotatable bonds is 7. The quantitative estimate of drug-likeness (QED) is 0.544. The Hall–Kier alpha value is -2.79. The van der Waals surface area contributed by atoms with E-state index in [9.17, 15) is 0 Å². The van der Waals surface area contributed by atoms with Crippen molar-refractivity contribution in [2.45, 2.75) is 20.8 Å². The Labute approximate surface area is 165 Å². The summed E-state index contributed by atoms with van der Waals surface area (Å²) in [6.45, 7) is 8.27. The molecular formula is C21H24ClN5. The van der Waals surface area contributed by atoms with Gasteiger partial charge in [0.1, 0.15) is 5.82 Å². The first kappa shape index (κ1) is 19.0. The van der Waals surface area contributed by atoms with Gasteiger partial charge in [-0.3, -0.25) is 0 Å². The molecule has 0 amide bonds. The van der Waals surface area contributed by atoms with Crippen LogP contribution >= 0.6 is 11.6 Å². The summed E-state index contributed by atoms with van der Waals surface area (Å²) in [7, 11) is 0. The van der Waals surface area contributed by atoms with Gasteiger partial charge in [0, 0.05) is 41.4 Å². The molecule has 0 unspecified atom stereocenters. The van der Waals surface area contributed by atoms with Crippen LogP contribution in [-0.4, -0.2) is 23.1 Å². The van der Waals surface area contributed by atoms with Gasteiger partial charge in [-0.05, 0) is 68.8 Å². The third-order valence-electron chi connectivity index (χ3n) is 4.44. The van der Waals surface area contributed by atoms with Crippen LogP contribution < -0.4 is 15.5 Å². The molecule has 1 heterocycles. The zero-order valence-electron chi connectivity index (χ0n) is 15.8. The van der Waals surface area contributed by atoms with E-state index < -0.39 is 0 Å². The zero-order valence-corrected chi connectivity index (χ0v) is 16.6. The van der Waals surface area contributed by atoms with E-state index in [-0.39, 0.29) is 0 Å². The van der Waals surface area contributed by atoms with Crippen LogP contribution in [0.4, 0.5) is 28.8 Å². The highest BCUT2D eigenvalue weighted by molar-refractivity contribution is 6.31. The third kappa shape index (κ3) is 4.68. The van der Waals surface area contributed by atoms with E-state index in [4.69, 9.17) is 11.6 Å². The summed E-state index contributed by atoms with van der Waals surface area (Å²) < 4.78 is 0. The molecule has 0 saturated carbocycles. The van der Waals surface area contributed by atoms with Crippen LogP contribution in [-0.2, 0) is 0 Å². The lowest BCUT2D eigenvalue weighted by molar-refractivity contribution is 0.866. The van der Waals surface area contributed by atoms with Gasteiger partial charge >= 0.3 is 0 Å². The van der Waals surface area contributed by atoms with Gasteiger partial charge in [-0.25, -0.2) is 4.98 Å². The molecule has 6 heteroatoms. The summed E-state index contributed by atoms with van der Waals surface area (Å²) in [4.78, 5) is 11.1. The first-order valence-corrected chi connectivity index (χ1v) is 9.45. The maximum absolute atomic E-state index is 6.19. The summed E-state index contributed by atoms with van der Waals surface area (Å²) in [6, 6.07) is 15.9. The SMILES string of the molecule is CCN(CC)c1ccc(Nc2nccc(Nc3cccc(Cl)c3C)n2)cc1. The molecule has 3 aromatic rings. The van der Waals surface area contributed by atoms with E-state index >= 15 is 0 Å². The van der Waals surface area contributed by atoms with Crippen molar-refractivity contribution in [1.82, 2.24) is 9.97 Å². The second-order valence-electron chi connectivity index (χ2n) is 6.15. The number of aromatic nitrogens is 2. The first-order chi connectivity index (χ1) is 13.1. The number of nitrogens with zero attached hydrogens (tertiary/aromatic N) is 3. The summed E-state index contributed by atoms with van der Waals surface area (Å²) in [5.41, 5.74) is 4.07. The Balaban J connectivity index is 1.73. The van der Waals surface area contributed by atoms with E-state index in [0.29, 0.717) is 11.8 Å². The standard InChI is InChI=1S/C21H24ClN5/c1-4-27(5-2)17-11-9-16(10-12-17)24-21-23-14-13-20(26-21)25-19-8-6-7-18(22)15(19)3/h6-14H,4-5H2,1-3H3,(H2,23,24,25,26). The predicted molar refractivity (Wildman–Crippen MR) is 115 cm³/mol. The van der Waals surface area contributed by atoms with Gasteiger partial charge in [0.25, 0.3) is 0 Å². The van der Waals surface area contributed by atoms with E-state index in [1.807, 2.05) is 43.3 Å². The second kappa shape index (κ2) is 8.73. The van der Waals surface area contributed by atoms with Crippen LogP contribution in [0.1, 0.15) is 19.4 Å². The molecule has 0 bridgehead atoms. The Bertz CT molecular complexity index is 891. The molecule has 0 aliphatic heterocycles. The fourth-order valence-electron chi connectivity index (χ4n) is 2.84. The molecule has 0 spiro atoms. The lowest BCUT2D eigenvalue weighted by atomic mass is 10.2. The maximum atomic E-state index is 6.19. The minimum absolute atomic E-state index is 0.537. The van der Waals surface area contributed by atoms with Gasteiger partial charge < -0.3 is 15.5 Å². The van der Waals surface area contributed by atoms with Gasteiger partial charge in [0.2, 0.25) is 5.95 Å². The van der Waals surface area contributed by atoms with Crippen molar-refractivity contribution >= 4 is 40.4 Å². The van der Waals surface area contributed by atoms with Gasteiger partial charge in [-0.2, -0.15) is 4.98 Å². The van der Waals surface area contributed by atoms with Crippen LogP contribution in [0.5, 0.6) is 0 Å². The fraction of sp³-hybridized carbons (Fsp3) is 0.238. The summed E-state index contributed by atoms with van der Waals surface area (Å²) in [5.74, 6) is 1.24. The number of benzene rings is 2. The molecule has 0 atom stereocenters. The fourth-order valence-corrected chi connectivity index (χ4v) is 3.02. The van der Waals surface area contributed by atoms with Crippen molar-refractivity contribution < 1.29 is 0 Å². The molecule has 2 N–H and O–H groups in total. The summed E-state index contributed by atoms with van der Waals surface area (Å²) in [5, 5.41) is 7.27.